The van der Waals surface area contributed by atoms with Crippen molar-refractivity contribution in [3.8, 4) is 0 Å². The minimum atomic E-state index is -0.0180. The van der Waals surface area contributed by atoms with E-state index in [4.69, 9.17) is 4.74 Å². The van der Waals surface area contributed by atoms with Crippen LogP contribution in [0.15, 0.2) is 0 Å². The number of hydrogen-bond donors (Lipinski definition) is 0. The largest absolute Gasteiger partial charge is 0.376 e. The van der Waals surface area contributed by atoms with E-state index in [2.05, 4.69) is 60.5 Å². The Labute approximate surface area is 115 Å². The van der Waals surface area contributed by atoms with Gasteiger partial charge in [-0.25, -0.2) is 0 Å². The maximum atomic E-state index is 5.96. The minimum absolute atomic E-state index is 0.0180. The quantitative estimate of drug-likeness (QED) is 0.650. The first-order chi connectivity index (χ1) is 8.17. The fourth-order valence-corrected chi connectivity index (χ4v) is 2.34. The van der Waals surface area contributed by atoms with Crippen LogP contribution in [0.1, 0.15) is 54.4 Å². The lowest BCUT2D eigenvalue weighted by atomic mass is 9.80. The molecule has 2 unspecified atom stereocenters. The Balaban J connectivity index is 4.35. The van der Waals surface area contributed by atoms with Crippen molar-refractivity contribution in [3.05, 3.63) is 0 Å². The third kappa shape index (κ3) is 8.10. The zero-order valence-corrected chi connectivity index (χ0v) is 13.9. The van der Waals surface area contributed by atoms with Crippen LogP contribution in [0.5, 0.6) is 0 Å². The van der Waals surface area contributed by atoms with Crippen LogP contribution in [0.3, 0.4) is 0 Å². The summed E-state index contributed by atoms with van der Waals surface area (Å²) in [6.45, 7) is 15.5. The molecule has 0 heterocycles. The Morgan fingerprint density at radius 1 is 1.06 bits per heavy atom. The molecule has 0 aliphatic rings. The van der Waals surface area contributed by atoms with Crippen LogP contribution >= 0.6 is 0 Å². The van der Waals surface area contributed by atoms with E-state index in [0.29, 0.717) is 5.92 Å². The predicted molar refractivity (Wildman–Crippen MR) is 81.0 cm³/mol. The first kappa shape index (κ1) is 17.9. The van der Waals surface area contributed by atoms with Gasteiger partial charge in [-0.15, -0.1) is 0 Å². The predicted octanol–water partition coefficient (Wildman–Crippen LogP) is 4.05. The van der Waals surface area contributed by atoms with Gasteiger partial charge in [0.25, 0.3) is 0 Å². The zero-order valence-electron chi connectivity index (χ0n) is 13.9. The fraction of sp³-hybridized carbons (Fsp3) is 1.00. The maximum Gasteiger partial charge on any atom is 0.0598 e. The van der Waals surface area contributed by atoms with Crippen LogP contribution in [0.4, 0.5) is 0 Å². The maximum absolute atomic E-state index is 5.96. The van der Waals surface area contributed by atoms with E-state index in [0.717, 1.165) is 18.4 Å². The molecule has 0 aromatic heterocycles. The number of ether oxygens (including phenoxy) is 1. The molecule has 18 heavy (non-hydrogen) atoms. The topological polar surface area (TPSA) is 12.5 Å². The van der Waals surface area contributed by atoms with E-state index in [9.17, 15) is 0 Å². The van der Waals surface area contributed by atoms with Crippen LogP contribution < -0.4 is 0 Å². The number of nitrogens with zero attached hydrogens (tertiary/aromatic N) is 1. The molecule has 0 radical (unpaired) electrons. The molecule has 0 aliphatic carbocycles. The van der Waals surface area contributed by atoms with Crippen LogP contribution in [0.2, 0.25) is 0 Å². The monoisotopic (exact) mass is 257 g/mol. The van der Waals surface area contributed by atoms with Crippen LogP contribution in [0, 0.1) is 17.8 Å². The highest BCUT2D eigenvalue weighted by Gasteiger charge is 2.24. The second kappa shape index (κ2) is 8.16. The third-order valence-corrected chi connectivity index (χ3v) is 3.79. The summed E-state index contributed by atoms with van der Waals surface area (Å²) in [5, 5.41) is 0. The summed E-state index contributed by atoms with van der Waals surface area (Å²) < 4.78 is 5.96. The van der Waals surface area contributed by atoms with E-state index in [1.807, 2.05) is 0 Å². The molecule has 110 valence electrons. The first-order valence-corrected chi connectivity index (χ1v) is 7.46. The van der Waals surface area contributed by atoms with Gasteiger partial charge in [-0.3, -0.25) is 0 Å². The van der Waals surface area contributed by atoms with Gasteiger partial charge in [0.15, 0.2) is 0 Å². The van der Waals surface area contributed by atoms with Gasteiger partial charge in [-0.1, -0.05) is 27.2 Å². The molecule has 0 N–H and O–H groups in total. The van der Waals surface area contributed by atoms with Gasteiger partial charge in [0.2, 0.25) is 0 Å². The van der Waals surface area contributed by atoms with Crippen molar-refractivity contribution in [2.75, 3.05) is 27.2 Å². The van der Waals surface area contributed by atoms with Crippen molar-refractivity contribution in [1.29, 1.82) is 0 Å². The average Bonchev–Trinajstić information content (AvgIpc) is 2.24. The van der Waals surface area contributed by atoms with Gasteiger partial charge in [0.05, 0.1) is 12.2 Å². The van der Waals surface area contributed by atoms with Gasteiger partial charge in [0.1, 0.15) is 0 Å². The summed E-state index contributed by atoms with van der Waals surface area (Å²) in [5.41, 5.74) is -0.0180. The highest BCUT2D eigenvalue weighted by atomic mass is 16.5. The molecule has 0 aromatic rings. The van der Waals surface area contributed by atoms with Crippen LogP contribution in [-0.4, -0.2) is 37.7 Å². The molecule has 0 aromatic carbocycles. The van der Waals surface area contributed by atoms with Crippen molar-refractivity contribution < 1.29 is 4.74 Å². The molecule has 0 aliphatic heterocycles. The standard InChI is InChI=1S/C16H35NO/c1-9-13(2)15(10-11-17(7)8)14(3)12-18-16(4,5)6/h13-15H,9-12H2,1-8H3/t13?,14-,15?/m1/s1. The van der Waals surface area contributed by atoms with E-state index in [-0.39, 0.29) is 5.60 Å². The Morgan fingerprint density at radius 3 is 2.00 bits per heavy atom. The van der Waals surface area contributed by atoms with Gasteiger partial charge < -0.3 is 9.64 Å². The van der Waals surface area contributed by atoms with Gasteiger partial charge in [-0.05, 0) is 65.6 Å². The van der Waals surface area contributed by atoms with Crippen LogP contribution in [-0.2, 0) is 4.74 Å². The summed E-state index contributed by atoms with van der Waals surface area (Å²) in [6.07, 6.45) is 2.54. The number of rotatable bonds is 8. The molecule has 0 saturated carbocycles. The van der Waals surface area contributed by atoms with E-state index >= 15 is 0 Å². The molecule has 0 saturated heterocycles. The smallest absolute Gasteiger partial charge is 0.0598 e. The second-order valence-corrected chi connectivity index (χ2v) is 7.04. The molecular formula is C16H35NO. The van der Waals surface area contributed by atoms with E-state index in [1.54, 1.807) is 0 Å². The number of hydrogen-bond acceptors (Lipinski definition) is 2. The fourth-order valence-electron chi connectivity index (χ4n) is 2.34. The first-order valence-electron chi connectivity index (χ1n) is 7.46. The summed E-state index contributed by atoms with van der Waals surface area (Å²) in [7, 11) is 4.31. The molecule has 2 heteroatoms. The summed E-state index contributed by atoms with van der Waals surface area (Å²) in [4.78, 5) is 2.28. The molecule has 0 bridgehead atoms. The van der Waals surface area contributed by atoms with Crippen molar-refractivity contribution >= 4 is 0 Å². The van der Waals surface area contributed by atoms with E-state index < -0.39 is 0 Å². The highest BCUT2D eigenvalue weighted by molar-refractivity contribution is 4.73. The van der Waals surface area contributed by atoms with Crippen LogP contribution in [0.25, 0.3) is 0 Å². The molecule has 2 nitrogen and oxygen atoms in total. The molecule has 0 amide bonds. The lowest BCUT2D eigenvalue weighted by Gasteiger charge is -2.32. The normalized spacial score (nSPS) is 17.8. The van der Waals surface area contributed by atoms with Crippen molar-refractivity contribution in [3.63, 3.8) is 0 Å². The SMILES string of the molecule is CCC(C)C(CCN(C)C)[C@H](C)COC(C)(C)C. The third-order valence-electron chi connectivity index (χ3n) is 3.79. The minimum Gasteiger partial charge on any atom is -0.376 e. The lowest BCUT2D eigenvalue weighted by Crippen LogP contribution is -2.30. The van der Waals surface area contributed by atoms with Crippen molar-refractivity contribution in [1.82, 2.24) is 4.90 Å². The second-order valence-electron chi connectivity index (χ2n) is 7.04. The summed E-state index contributed by atoms with van der Waals surface area (Å²) in [5.74, 6) is 2.18. The summed E-state index contributed by atoms with van der Waals surface area (Å²) >= 11 is 0. The Hall–Kier alpha value is -0.0800. The molecule has 0 fully saturated rings. The zero-order chi connectivity index (χ0) is 14.3. The van der Waals surface area contributed by atoms with Crippen molar-refractivity contribution in [2.24, 2.45) is 17.8 Å². The Morgan fingerprint density at radius 2 is 1.61 bits per heavy atom. The Kier molecular flexibility index (Phi) is 8.13. The highest BCUT2D eigenvalue weighted by Crippen LogP contribution is 2.28. The van der Waals surface area contributed by atoms with Gasteiger partial charge in [-0.2, -0.15) is 0 Å². The summed E-state index contributed by atoms with van der Waals surface area (Å²) in [6, 6.07) is 0. The van der Waals surface area contributed by atoms with Gasteiger partial charge >= 0.3 is 0 Å². The van der Waals surface area contributed by atoms with Crippen molar-refractivity contribution in [2.45, 2.75) is 60.0 Å². The average molecular weight is 257 g/mol. The molecular weight excluding hydrogens is 222 g/mol. The Bertz CT molecular complexity index is 208. The van der Waals surface area contributed by atoms with Gasteiger partial charge in [0, 0.05) is 0 Å². The molecule has 0 spiro atoms. The lowest BCUT2D eigenvalue weighted by molar-refractivity contribution is -0.0348. The molecule has 3 atom stereocenters. The van der Waals surface area contributed by atoms with E-state index in [1.165, 1.54) is 19.4 Å². The molecule has 0 rings (SSSR count).